The Hall–Kier alpha value is -0.460. The van der Waals surface area contributed by atoms with Crippen molar-refractivity contribution >= 4 is 29.3 Å². The topological polar surface area (TPSA) is 63.8 Å². The number of aryl methyl sites for hydroxylation is 1. The van der Waals surface area contributed by atoms with E-state index >= 15 is 0 Å². The summed E-state index contributed by atoms with van der Waals surface area (Å²) >= 11 is 3.98. The van der Waals surface area contributed by atoms with Gasteiger partial charge in [0.05, 0.1) is 5.25 Å². The molecule has 0 radical (unpaired) electrons. The highest BCUT2D eigenvalue weighted by Crippen LogP contribution is 2.43. The second-order valence-corrected chi connectivity index (χ2v) is 7.46. The van der Waals surface area contributed by atoms with Gasteiger partial charge >= 0.3 is 0 Å². The number of hydrazine groups is 1. The number of thioether (sulfide) groups is 2. The first-order valence-electron chi connectivity index (χ1n) is 6.25. The summed E-state index contributed by atoms with van der Waals surface area (Å²) in [5, 5.41) is 1.71. The van der Waals surface area contributed by atoms with Gasteiger partial charge < -0.3 is 5.43 Å². The van der Waals surface area contributed by atoms with Gasteiger partial charge in [-0.1, -0.05) is 20.8 Å². The average Bonchev–Trinajstić information content (AvgIpc) is 2.41. The number of hydrogen-bond acceptors (Lipinski definition) is 6. The number of anilines is 1. The van der Waals surface area contributed by atoms with Gasteiger partial charge in [-0.25, -0.2) is 15.8 Å². The smallest absolute Gasteiger partial charge is 0.144 e. The first-order chi connectivity index (χ1) is 8.63. The minimum absolute atomic E-state index is 0.375. The molecule has 1 aromatic heterocycles. The molecule has 1 aromatic rings. The van der Waals surface area contributed by atoms with Crippen LogP contribution in [0.3, 0.4) is 0 Å². The maximum absolute atomic E-state index is 5.47. The molecular weight excluding hydrogens is 264 g/mol. The zero-order valence-electron chi connectivity index (χ0n) is 11.0. The number of nitrogens with two attached hydrogens (primary N) is 1. The lowest BCUT2D eigenvalue weighted by Crippen LogP contribution is -2.23. The summed E-state index contributed by atoms with van der Waals surface area (Å²) in [4.78, 5) is 9.14. The Labute approximate surface area is 117 Å². The van der Waals surface area contributed by atoms with Crippen LogP contribution in [-0.2, 0) is 6.42 Å². The molecule has 1 aliphatic heterocycles. The fraction of sp³-hybridized carbons (Fsp3) is 0.667. The average molecular weight is 284 g/mol. The van der Waals surface area contributed by atoms with Gasteiger partial charge in [0.1, 0.15) is 11.6 Å². The van der Waals surface area contributed by atoms with E-state index < -0.39 is 0 Å². The molecule has 1 saturated heterocycles. The largest absolute Gasteiger partial charge is 0.308 e. The van der Waals surface area contributed by atoms with Gasteiger partial charge in [0.15, 0.2) is 0 Å². The van der Waals surface area contributed by atoms with E-state index in [0.29, 0.717) is 21.6 Å². The summed E-state index contributed by atoms with van der Waals surface area (Å²) in [6, 6.07) is 1.91. The van der Waals surface area contributed by atoms with Crippen molar-refractivity contribution in [2.45, 2.75) is 42.9 Å². The molecule has 2 rings (SSSR count). The van der Waals surface area contributed by atoms with Crippen LogP contribution in [0.25, 0.3) is 0 Å². The Kier molecular flexibility index (Phi) is 4.75. The van der Waals surface area contributed by atoms with E-state index in [9.17, 15) is 0 Å². The lowest BCUT2D eigenvalue weighted by atomic mass is 10.3. The van der Waals surface area contributed by atoms with Crippen LogP contribution in [0.4, 0.5) is 5.82 Å². The predicted molar refractivity (Wildman–Crippen MR) is 80.9 cm³/mol. The van der Waals surface area contributed by atoms with Gasteiger partial charge in [0.2, 0.25) is 0 Å². The summed E-state index contributed by atoms with van der Waals surface area (Å²) in [6.07, 6.45) is 0.903. The van der Waals surface area contributed by atoms with Crippen molar-refractivity contribution in [1.82, 2.24) is 9.97 Å². The molecule has 0 saturated carbocycles. The Bertz CT molecular complexity index is 391. The molecule has 0 amide bonds. The number of rotatable bonds is 3. The molecule has 0 spiro atoms. The van der Waals surface area contributed by atoms with Crippen LogP contribution in [0.1, 0.15) is 37.5 Å². The first-order valence-corrected chi connectivity index (χ1v) is 8.24. The molecule has 0 aromatic carbocycles. The van der Waals surface area contributed by atoms with E-state index in [0.717, 1.165) is 23.7 Å². The monoisotopic (exact) mass is 284 g/mol. The first kappa shape index (κ1) is 14.0. The van der Waals surface area contributed by atoms with E-state index in [-0.39, 0.29) is 0 Å². The van der Waals surface area contributed by atoms with Crippen molar-refractivity contribution in [3.8, 4) is 0 Å². The van der Waals surface area contributed by atoms with Crippen molar-refractivity contribution in [3.63, 3.8) is 0 Å². The molecule has 4 nitrogen and oxygen atoms in total. The maximum atomic E-state index is 5.47. The van der Waals surface area contributed by atoms with E-state index in [1.165, 1.54) is 0 Å². The molecule has 2 heterocycles. The molecule has 1 aliphatic rings. The van der Waals surface area contributed by atoms with Crippen LogP contribution in [0.2, 0.25) is 0 Å². The van der Waals surface area contributed by atoms with Crippen molar-refractivity contribution in [2.24, 2.45) is 5.84 Å². The number of nitrogens with one attached hydrogen (secondary N) is 1. The lowest BCUT2D eigenvalue weighted by Gasteiger charge is -2.30. The van der Waals surface area contributed by atoms with Crippen LogP contribution in [0.15, 0.2) is 6.07 Å². The summed E-state index contributed by atoms with van der Waals surface area (Å²) in [6.45, 7) is 6.66. The van der Waals surface area contributed by atoms with Gasteiger partial charge in [0.25, 0.3) is 0 Å². The van der Waals surface area contributed by atoms with Crippen LogP contribution in [0, 0.1) is 0 Å². The van der Waals surface area contributed by atoms with Gasteiger partial charge in [0, 0.05) is 28.0 Å². The van der Waals surface area contributed by atoms with E-state index in [4.69, 9.17) is 5.84 Å². The predicted octanol–water partition coefficient (Wildman–Crippen LogP) is 2.62. The van der Waals surface area contributed by atoms with Crippen LogP contribution in [0.5, 0.6) is 0 Å². The quantitative estimate of drug-likeness (QED) is 0.657. The highest BCUT2D eigenvalue weighted by molar-refractivity contribution is 8.07. The highest BCUT2D eigenvalue weighted by Gasteiger charge is 2.28. The number of aromatic nitrogens is 2. The fourth-order valence-corrected chi connectivity index (χ4v) is 4.68. The van der Waals surface area contributed by atoms with Crippen LogP contribution in [-0.4, -0.2) is 26.2 Å². The minimum atomic E-state index is 0.375. The molecule has 3 unspecified atom stereocenters. The molecule has 18 heavy (non-hydrogen) atoms. The third-order valence-electron chi connectivity index (χ3n) is 3.15. The van der Waals surface area contributed by atoms with Crippen molar-refractivity contribution in [2.75, 3.05) is 11.2 Å². The standard InChI is InChI=1S/C12H20N4S2/c1-4-9-5-11(16-13)15-12(14-9)10-6-17-7(2)8(3)18-10/h5,7-8,10H,4,6,13H2,1-3H3,(H,14,15,16). The van der Waals surface area contributed by atoms with Crippen molar-refractivity contribution in [1.29, 1.82) is 0 Å². The summed E-state index contributed by atoms with van der Waals surface area (Å²) in [5.41, 5.74) is 3.68. The van der Waals surface area contributed by atoms with E-state index in [2.05, 4.69) is 36.2 Å². The molecular formula is C12H20N4S2. The van der Waals surface area contributed by atoms with Crippen molar-refractivity contribution in [3.05, 3.63) is 17.6 Å². The van der Waals surface area contributed by atoms with Gasteiger partial charge in [-0.05, 0) is 6.42 Å². The lowest BCUT2D eigenvalue weighted by molar-refractivity contribution is 0.842. The molecule has 6 heteroatoms. The summed E-state index contributed by atoms with van der Waals surface area (Å²) in [7, 11) is 0. The molecule has 3 atom stereocenters. The Balaban J connectivity index is 2.22. The molecule has 0 bridgehead atoms. The maximum Gasteiger partial charge on any atom is 0.144 e. The molecule has 100 valence electrons. The van der Waals surface area contributed by atoms with Crippen LogP contribution < -0.4 is 11.3 Å². The fourth-order valence-electron chi connectivity index (χ4n) is 1.84. The molecule has 0 aliphatic carbocycles. The minimum Gasteiger partial charge on any atom is -0.308 e. The normalized spacial score (nSPS) is 28.1. The third-order valence-corrected chi connectivity index (χ3v) is 6.53. The Morgan fingerprint density at radius 2 is 2.17 bits per heavy atom. The van der Waals surface area contributed by atoms with Gasteiger partial charge in [-0.15, -0.1) is 11.8 Å². The molecule has 3 N–H and O–H groups in total. The Morgan fingerprint density at radius 3 is 2.78 bits per heavy atom. The number of nitrogen functional groups attached to an aromatic ring is 1. The molecule has 1 fully saturated rings. The third kappa shape index (κ3) is 3.10. The number of hydrogen-bond donors (Lipinski definition) is 2. The SMILES string of the molecule is CCc1cc(NN)nc(C2CSC(C)C(C)S2)n1. The van der Waals surface area contributed by atoms with Gasteiger partial charge in [-0.3, -0.25) is 0 Å². The number of nitrogens with zero attached hydrogens (tertiary/aromatic N) is 2. The van der Waals surface area contributed by atoms with Crippen LogP contribution >= 0.6 is 23.5 Å². The van der Waals surface area contributed by atoms with E-state index in [1.54, 1.807) is 0 Å². The van der Waals surface area contributed by atoms with Crippen molar-refractivity contribution < 1.29 is 0 Å². The van der Waals surface area contributed by atoms with E-state index in [1.807, 2.05) is 29.6 Å². The van der Waals surface area contributed by atoms with Gasteiger partial charge in [-0.2, -0.15) is 11.8 Å². The zero-order chi connectivity index (χ0) is 13.1. The highest BCUT2D eigenvalue weighted by atomic mass is 32.2. The summed E-state index contributed by atoms with van der Waals surface area (Å²) < 4.78 is 0. The Morgan fingerprint density at radius 1 is 1.39 bits per heavy atom. The summed E-state index contributed by atoms with van der Waals surface area (Å²) in [5.74, 6) is 8.18. The second kappa shape index (κ2) is 6.12. The zero-order valence-corrected chi connectivity index (χ0v) is 12.6. The second-order valence-electron chi connectivity index (χ2n) is 4.47.